The molecule has 0 aliphatic carbocycles. The quantitative estimate of drug-likeness (QED) is 0.661. The first kappa shape index (κ1) is 7.78. The highest BCUT2D eigenvalue weighted by Crippen LogP contribution is 1.95. The molecule has 0 atom stereocenters. The summed E-state index contributed by atoms with van der Waals surface area (Å²) in [6.45, 7) is 2.43. The Hall–Kier alpha value is -1.85. The Balaban J connectivity index is 2.19. The fourth-order valence-corrected chi connectivity index (χ4v) is 1.09. The first-order valence-electron chi connectivity index (χ1n) is 3.86. The van der Waals surface area contributed by atoms with E-state index in [-0.39, 0.29) is 5.69 Å². The Morgan fingerprint density at radius 1 is 1.62 bits per heavy atom. The molecule has 0 spiro atoms. The second-order valence-corrected chi connectivity index (χ2v) is 2.84. The topological polar surface area (TPSA) is 79.4 Å². The first-order chi connectivity index (χ1) is 6.24. The van der Waals surface area contributed by atoms with Crippen LogP contribution in [-0.4, -0.2) is 25.0 Å². The average Bonchev–Trinajstić information content (AvgIpc) is 2.62. The lowest BCUT2D eigenvalue weighted by molar-refractivity contribution is 0.657. The Bertz CT molecular complexity index is 451. The van der Waals surface area contributed by atoms with Crippen molar-refractivity contribution in [3.8, 4) is 0 Å². The number of hydrogen-bond acceptors (Lipinski definition) is 3. The van der Waals surface area contributed by atoms with Gasteiger partial charge < -0.3 is 0 Å². The van der Waals surface area contributed by atoms with Gasteiger partial charge in [0.1, 0.15) is 6.54 Å². The molecule has 0 fully saturated rings. The van der Waals surface area contributed by atoms with Crippen LogP contribution in [0.2, 0.25) is 0 Å². The summed E-state index contributed by atoms with van der Waals surface area (Å²) in [6.07, 6.45) is 3.64. The molecule has 68 valence electrons. The molecule has 0 unspecified atom stereocenters. The predicted octanol–water partition coefficient (Wildman–Crippen LogP) is -0.349. The fourth-order valence-electron chi connectivity index (χ4n) is 1.09. The van der Waals surface area contributed by atoms with E-state index in [1.807, 2.05) is 13.1 Å². The summed E-state index contributed by atoms with van der Waals surface area (Å²) in [4.78, 5) is 13.2. The van der Waals surface area contributed by atoms with Crippen molar-refractivity contribution in [1.82, 2.24) is 25.0 Å². The van der Waals surface area contributed by atoms with Crippen LogP contribution < -0.4 is 5.69 Å². The minimum atomic E-state index is -0.293. The monoisotopic (exact) mass is 179 g/mol. The Labute approximate surface area is 73.6 Å². The number of aromatic amines is 2. The van der Waals surface area contributed by atoms with E-state index in [9.17, 15) is 4.79 Å². The van der Waals surface area contributed by atoms with Gasteiger partial charge in [-0.25, -0.2) is 9.89 Å². The summed E-state index contributed by atoms with van der Waals surface area (Å²) < 4.78 is 1.71. The van der Waals surface area contributed by atoms with Gasteiger partial charge in [-0.05, 0) is 12.5 Å². The molecule has 0 radical (unpaired) electrons. The highest BCUT2D eigenvalue weighted by Gasteiger charge is 1.99. The molecule has 0 saturated heterocycles. The van der Waals surface area contributed by atoms with Crippen LogP contribution in [0.5, 0.6) is 0 Å². The number of rotatable bonds is 2. The van der Waals surface area contributed by atoms with Crippen molar-refractivity contribution >= 4 is 0 Å². The smallest absolute Gasteiger partial charge is 0.291 e. The minimum Gasteiger partial charge on any atom is -0.291 e. The summed E-state index contributed by atoms with van der Waals surface area (Å²) >= 11 is 0. The minimum absolute atomic E-state index is 0.293. The van der Waals surface area contributed by atoms with Gasteiger partial charge in [-0.15, -0.1) is 0 Å². The Morgan fingerprint density at radius 3 is 3.00 bits per heavy atom. The van der Waals surface area contributed by atoms with E-state index in [1.54, 1.807) is 10.9 Å². The number of aromatic nitrogens is 5. The highest BCUT2D eigenvalue weighted by atomic mass is 16.1. The number of hydrogen-bond donors (Lipinski definition) is 2. The van der Waals surface area contributed by atoms with Crippen LogP contribution >= 0.6 is 0 Å². The zero-order valence-corrected chi connectivity index (χ0v) is 7.11. The Kier molecular flexibility index (Phi) is 1.73. The number of nitrogens with one attached hydrogen (secondary N) is 2. The molecule has 6 nitrogen and oxygen atoms in total. The number of H-pyrrole nitrogens is 2. The van der Waals surface area contributed by atoms with Crippen LogP contribution in [-0.2, 0) is 6.54 Å². The Morgan fingerprint density at radius 2 is 2.46 bits per heavy atom. The third-order valence-corrected chi connectivity index (χ3v) is 1.62. The van der Waals surface area contributed by atoms with E-state index >= 15 is 0 Å². The van der Waals surface area contributed by atoms with Crippen molar-refractivity contribution in [2.45, 2.75) is 13.5 Å². The van der Waals surface area contributed by atoms with E-state index in [1.165, 1.54) is 0 Å². The van der Waals surface area contributed by atoms with Gasteiger partial charge in [-0.1, -0.05) is 0 Å². The molecule has 13 heavy (non-hydrogen) atoms. The van der Waals surface area contributed by atoms with Gasteiger partial charge in [0.2, 0.25) is 0 Å². The zero-order valence-electron chi connectivity index (χ0n) is 7.11. The van der Waals surface area contributed by atoms with Gasteiger partial charge in [0, 0.05) is 6.20 Å². The summed E-state index contributed by atoms with van der Waals surface area (Å²) in [7, 11) is 0. The second kappa shape index (κ2) is 2.89. The molecule has 0 aromatic carbocycles. The lowest BCUT2D eigenvalue weighted by atomic mass is 10.4. The molecule has 0 bridgehead atoms. The van der Waals surface area contributed by atoms with Crippen LogP contribution in [0.4, 0.5) is 0 Å². The molecule has 0 aliphatic rings. The van der Waals surface area contributed by atoms with Crippen LogP contribution in [0, 0.1) is 6.92 Å². The average molecular weight is 179 g/mol. The van der Waals surface area contributed by atoms with Crippen molar-refractivity contribution in [3.63, 3.8) is 0 Å². The van der Waals surface area contributed by atoms with Crippen molar-refractivity contribution in [1.29, 1.82) is 0 Å². The lowest BCUT2D eigenvalue weighted by Gasteiger charge is -1.94. The van der Waals surface area contributed by atoms with Crippen LogP contribution in [0.3, 0.4) is 0 Å². The molecule has 0 saturated carbocycles. The molecule has 0 aliphatic heterocycles. The standard InChI is InChI=1S/C7H9N5O/c1-5-2-8-12(3-5)4-6-9-7(13)11-10-6/h2-3H,4H2,1H3,(H2,9,10,11,13). The molecular formula is C7H9N5O. The van der Waals surface area contributed by atoms with Crippen molar-refractivity contribution in [3.05, 3.63) is 34.3 Å². The molecule has 6 heteroatoms. The molecular weight excluding hydrogens is 170 g/mol. The predicted molar refractivity (Wildman–Crippen MR) is 45.3 cm³/mol. The highest BCUT2D eigenvalue weighted by molar-refractivity contribution is 5.00. The summed E-state index contributed by atoms with van der Waals surface area (Å²) in [5.74, 6) is 0.577. The van der Waals surface area contributed by atoms with Gasteiger partial charge in [0.05, 0.1) is 6.20 Å². The largest absolute Gasteiger partial charge is 0.340 e. The van der Waals surface area contributed by atoms with E-state index in [0.717, 1.165) is 5.56 Å². The summed E-state index contributed by atoms with van der Waals surface area (Å²) in [5, 5.41) is 10.1. The SMILES string of the molecule is Cc1cnn(Cc2n[nH]c(=O)[nH]2)c1. The fraction of sp³-hybridized carbons (Fsp3) is 0.286. The van der Waals surface area contributed by atoms with Gasteiger partial charge in [0.15, 0.2) is 5.82 Å². The molecule has 2 heterocycles. The van der Waals surface area contributed by atoms with Crippen LogP contribution in [0.25, 0.3) is 0 Å². The van der Waals surface area contributed by atoms with Crippen molar-refractivity contribution in [2.75, 3.05) is 0 Å². The molecule has 2 rings (SSSR count). The maximum atomic E-state index is 10.7. The molecule has 2 N–H and O–H groups in total. The third kappa shape index (κ3) is 1.66. The van der Waals surface area contributed by atoms with Crippen LogP contribution in [0.15, 0.2) is 17.2 Å². The summed E-state index contributed by atoms with van der Waals surface area (Å²) in [5.41, 5.74) is 0.789. The third-order valence-electron chi connectivity index (χ3n) is 1.62. The number of nitrogens with zero attached hydrogens (tertiary/aromatic N) is 3. The first-order valence-corrected chi connectivity index (χ1v) is 3.86. The molecule has 0 amide bonds. The van der Waals surface area contributed by atoms with Crippen molar-refractivity contribution in [2.24, 2.45) is 0 Å². The molecule has 2 aromatic rings. The van der Waals surface area contributed by atoms with E-state index in [4.69, 9.17) is 0 Å². The van der Waals surface area contributed by atoms with Gasteiger partial charge in [-0.2, -0.15) is 10.2 Å². The summed E-state index contributed by atoms with van der Waals surface area (Å²) in [6, 6.07) is 0. The second-order valence-electron chi connectivity index (χ2n) is 2.84. The normalized spacial score (nSPS) is 10.5. The zero-order chi connectivity index (χ0) is 9.26. The lowest BCUT2D eigenvalue weighted by Crippen LogP contribution is -2.04. The van der Waals surface area contributed by atoms with Gasteiger partial charge in [0.25, 0.3) is 0 Å². The maximum Gasteiger partial charge on any atom is 0.340 e. The molecule has 2 aromatic heterocycles. The maximum absolute atomic E-state index is 10.7. The van der Waals surface area contributed by atoms with Crippen LogP contribution in [0.1, 0.15) is 11.4 Å². The van der Waals surface area contributed by atoms with Crippen molar-refractivity contribution < 1.29 is 0 Å². The van der Waals surface area contributed by atoms with E-state index in [2.05, 4.69) is 20.3 Å². The number of aryl methyl sites for hydroxylation is 1. The van der Waals surface area contributed by atoms with Gasteiger partial charge in [-0.3, -0.25) is 9.67 Å². The van der Waals surface area contributed by atoms with E-state index in [0.29, 0.717) is 12.4 Å². The van der Waals surface area contributed by atoms with Gasteiger partial charge >= 0.3 is 5.69 Å². The van der Waals surface area contributed by atoms with E-state index < -0.39 is 0 Å².